The summed E-state index contributed by atoms with van der Waals surface area (Å²) in [6.45, 7) is 16.8. The standard InChI is InChI=1S/C22H27NO3S.C22H25NO2S.C16H14O3S.C7H15N.CH2O2/c1-4-26-16-8-9-17-20(14-16)27-19-7-5-6-18(25-3)21(19)22(17,24)15-10-12-23(2)13-11-15;1-4-25-16-8-9-17-20(14-16)26-19-7-5-6-18(24-3)22(19)21(17)15-10-12-23(2)13-11-15;1-3-19-10-7-8-11-14(9-10)20-13-6-4-5-12(18-2)15(13)16(11)17;1-7-3-5-8(2)6-4-7;2-1-3/h5-9,14-15,24H,4,10-13H2,1-3H3;5-9,14H,4,10-13H2,1-3H3;4-9H,3H2,1-2H3;7H,3-6H2,1-2H3;1H,(H,2,3). The summed E-state index contributed by atoms with van der Waals surface area (Å²) >= 11 is 5.08. The lowest BCUT2D eigenvalue weighted by atomic mass is 9.71. The summed E-state index contributed by atoms with van der Waals surface area (Å²) in [5.74, 6) is 6.07. The first-order valence-electron chi connectivity index (χ1n) is 29.2. The summed E-state index contributed by atoms with van der Waals surface area (Å²) in [4.78, 5) is 32.8. The minimum Gasteiger partial charge on any atom is -0.496 e. The van der Waals surface area contributed by atoms with Gasteiger partial charge in [0.15, 0.2) is 5.43 Å². The molecule has 13 nitrogen and oxygen atoms in total. The van der Waals surface area contributed by atoms with Gasteiger partial charge in [-0.3, -0.25) is 9.59 Å². The monoisotopic (exact) mass is 1200 g/mol. The van der Waals surface area contributed by atoms with Gasteiger partial charge in [-0.05, 0) is 215 Å². The van der Waals surface area contributed by atoms with Crippen molar-refractivity contribution in [2.45, 2.75) is 91.4 Å². The molecule has 5 aliphatic heterocycles. The highest BCUT2D eigenvalue weighted by Gasteiger charge is 2.48. The van der Waals surface area contributed by atoms with Gasteiger partial charge in [-0.1, -0.05) is 60.3 Å². The predicted octanol–water partition coefficient (Wildman–Crippen LogP) is 14.1. The zero-order valence-electron chi connectivity index (χ0n) is 50.5. The van der Waals surface area contributed by atoms with Gasteiger partial charge in [0.25, 0.3) is 6.47 Å². The molecule has 0 amide bonds. The predicted molar refractivity (Wildman–Crippen MR) is 343 cm³/mol. The summed E-state index contributed by atoms with van der Waals surface area (Å²) in [5, 5.41) is 20.5. The number of ether oxygens (including phenoxy) is 6. The molecule has 6 heterocycles. The van der Waals surface area contributed by atoms with Gasteiger partial charge in [0, 0.05) is 64.1 Å². The number of methoxy groups -OCH3 is 3. The Kier molecular flexibility index (Phi) is 22.9. The molecule has 3 fully saturated rings. The molecule has 1 unspecified atom stereocenters. The number of rotatable bonds is 10. The first kappa shape index (κ1) is 63.8. The molecule has 448 valence electrons. The number of likely N-dealkylation sites (tertiary alicyclic amines) is 3. The van der Waals surface area contributed by atoms with Crippen LogP contribution in [0, 0.1) is 11.8 Å². The number of carboxylic acid groups (broad SMARTS) is 1. The molecule has 16 heteroatoms. The normalized spacial score (nSPS) is 17.8. The zero-order valence-corrected chi connectivity index (χ0v) is 52.9. The van der Waals surface area contributed by atoms with Crippen molar-refractivity contribution in [2.75, 3.05) is 102 Å². The van der Waals surface area contributed by atoms with Crippen LogP contribution in [0.25, 0.3) is 25.7 Å². The first-order valence-corrected chi connectivity index (χ1v) is 31.7. The van der Waals surface area contributed by atoms with Crippen LogP contribution in [0.15, 0.2) is 139 Å². The van der Waals surface area contributed by atoms with Gasteiger partial charge in [-0.25, -0.2) is 0 Å². The van der Waals surface area contributed by atoms with E-state index in [9.17, 15) is 9.90 Å². The first-order chi connectivity index (χ1) is 40.7. The molecule has 84 heavy (non-hydrogen) atoms. The lowest BCUT2D eigenvalue weighted by Gasteiger charge is -2.45. The van der Waals surface area contributed by atoms with Gasteiger partial charge in [0.1, 0.15) is 40.1 Å². The van der Waals surface area contributed by atoms with Crippen molar-refractivity contribution >= 4 is 67.1 Å². The van der Waals surface area contributed by atoms with E-state index >= 15 is 0 Å². The number of nitrogens with zero attached hydrogens (tertiary/aromatic N) is 3. The van der Waals surface area contributed by atoms with Gasteiger partial charge < -0.3 is 53.3 Å². The Morgan fingerprint density at radius 1 is 0.595 bits per heavy atom. The molecule has 3 saturated heterocycles. The van der Waals surface area contributed by atoms with Crippen LogP contribution in [-0.4, -0.2) is 133 Å². The molecule has 1 aromatic heterocycles. The molecule has 0 saturated carbocycles. The van der Waals surface area contributed by atoms with Crippen molar-refractivity contribution in [3.8, 4) is 34.5 Å². The van der Waals surface area contributed by atoms with Crippen LogP contribution in [0.3, 0.4) is 0 Å². The van der Waals surface area contributed by atoms with E-state index in [0.29, 0.717) is 36.3 Å². The third-order valence-corrected chi connectivity index (χ3v) is 19.5. The van der Waals surface area contributed by atoms with Crippen LogP contribution < -0.4 is 33.8 Å². The third kappa shape index (κ3) is 14.7. The third-order valence-electron chi connectivity index (χ3n) is 16.1. The zero-order chi connectivity index (χ0) is 59.9. The van der Waals surface area contributed by atoms with Crippen molar-refractivity contribution in [1.82, 2.24) is 14.7 Å². The number of carbonyl (C=O) groups is 1. The van der Waals surface area contributed by atoms with E-state index in [-0.39, 0.29) is 17.8 Å². The smallest absolute Gasteiger partial charge is 0.290 e. The van der Waals surface area contributed by atoms with Crippen LogP contribution in [0.2, 0.25) is 0 Å². The maximum absolute atomic E-state index is 12.6. The second-order valence-electron chi connectivity index (χ2n) is 21.6. The molecule has 6 aromatic carbocycles. The molecule has 2 N–H and O–H groups in total. The summed E-state index contributed by atoms with van der Waals surface area (Å²) in [6.07, 6.45) is 6.94. The maximum atomic E-state index is 12.6. The molecule has 0 aliphatic carbocycles. The van der Waals surface area contributed by atoms with E-state index in [1.54, 1.807) is 50.0 Å². The summed E-state index contributed by atoms with van der Waals surface area (Å²) < 4.78 is 35.5. The Morgan fingerprint density at radius 2 is 1.11 bits per heavy atom. The van der Waals surface area contributed by atoms with Crippen molar-refractivity contribution in [1.29, 1.82) is 0 Å². The number of fused-ring (bicyclic) bond motifs is 6. The van der Waals surface area contributed by atoms with Crippen molar-refractivity contribution in [3.05, 3.63) is 147 Å². The Balaban J connectivity index is 0.000000152. The molecule has 7 aromatic rings. The number of hydrogen-bond acceptors (Lipinski definition) is 15. The van der Waals surface area contributed by atoms with Gasteiger partial charge in [-0.2, -0.15) is 0 Å². The fourth-order valence-electron chi connectivity index (χ4n) is 11.6. The van der Waals surface area contributed by atoms with Crippen molar-refractivity contribution < 1.29 is 43.4 Å². The molecule has 1 atom stereocenters. The van der Waals surface area contributed by atoms with E-state index in [0.717, 1.165) is 117 Å². The summed E-state index contributed by atoms with van der Waals surface area (Å²) in [6, 6.07) is 36.2. The highest BCUT2D eigenvalue weighted by atomic mass is 32.2. The lowest BCUT2D eigenvalue weighted by molar-refractivity contribution is -0.122. The Bertz CT molecular complexity index is 3430. The van der Waals surface area contributed by atoms with E-state index in [2.05, 4.69) is 91.3 Å². The number of piperidine rings is 3. The SMILES string of the molecule is CC1CCN(C)CC1.CCOc1ccc2c(=O)c3c(OC)cccc3sc2c1.CCOc1ccc2c(c1)Sc1cccc(OC)c1C2(O)C1CCN(C)CC1.CCOc1ccc2c(c1)Sc1cccc(OC)c1C2=C1CCN(C)CC1.O=CO. The van der Waals surface area contributed by atoms with Crippen LogP contribution in [0.4, 0.5) is 0 Å². The summed E-state index contributed by atoms with van der Waals surface area (Å²) in [7, 11) is 11.6. The second-order valence-corrected chi connectivity index (χ2v) is 24.9. The van der Waals surface area contributed by atoms with Crippen LogP contribution in [-0.2, 0) is 10.4 Å². The van der Waals surface area contributed by atoms with Gasteiger partial charge in [0.2, 0.25) is 0 Å². The van der Waals surface area contributed by atoms with Crippen LogP contribution in [0.5, 0.6) is 34.5 Å². The van der Waals surface area contributed by atoms with E-state index < -0.39 is 5.60 Å². The highest BCUT2D eigenvalue weighted by Crippen LogP contribution is 2.57. The Labute approximate surface area is 508 Å². The average Bonchev–Trinajstić information content (AvgIpc) is 3.56. The maximum Gasteiger partial charge on any atom is 0.290 e. The molecule has 5 aliphatic rings. The molecule has 0 radical (unpaired) electrons. The number of aliphatic hydroxyl groups is 1. The van der Waals surface area contributed by atoms with E-state index in [1.807, 2.05) is 93.2 Å². The van der Waals surface area contributed by atoms with Gasteiger partial charge in [-0.15, -0.1) is 11.3 Å². The second kappa shape index (κ2) is 30.2. The van der Waals surface area contributed by atoms with Gasteiger partial charge >= 0.3 is 0 Å². The minimum absolute atomic E-state index is 0.00856. The van der Waals surface area contributed by atoms with Crippen LogP contribution >= 0.6 is 34.9 Å². The van der Waals surface area contributed by atoms with Crippen LogP contribution in [0.1, 0.15) is 88.5 Å². The number of hydrogen-bond donors (Lipinski definition) is 2. The molecular weight excluding hydrogens is 1110 g/mol. The highest BCUT2D eigenvalue weighted by molar-refractivity contribution is 7.99. The Morgan fingerprint density at radius 3 is 1.71 bits per heavy atom. The van der Waals surface area contributed by atoms with Crippen molar-refractivity contribution in [3.63, 3.8) is 0 Å². The molecule has 12 rings (SSSR count). The Hall–Kier alpha value is -6.24. The molecule has 0 spiro atoms. The topological polar surface area (TPSA) is 140 Å². The average molecular weight is 1200 g/mol. The fourth-order valence-corrected chi connectivity index (χ4v) is 15.2. The fraction of sp³-hybridized carbons (Fsp3) is 0.412. The van der Waals surface area contributed by atoms with Crippen molar-refractivity contribution in [2.24, 2.45) is 11.8 Å². The minimum atomic E-state index is -1.05. The summed E-state index contributed by atoms with van der Waals surface area (Å²) in [5.41, 5.74) is 6.35. The lowest BCUT2D eigenvalue weighted by Crippen LogP contribution is -2.44. The quantitative estimate of drug-likeness (QED) is 0.0991. The largest absolute Gasteiger partial charge is 0.496 e. The number of benzene rings is 6. The van der Waals surface area contributed by atoms with E-state index in [4.69, 9.17) is 38.3 Å². The molecule has 0 bridgehead atoms. The van der Waals surface area contributed by atoms with Gasteiger partial charge in [0.05, 0.1) is 46.5 Å². The molecular formula is C68H83N3O10S3. The van der Waals surface area contributed by atoms with E-state index in [1.165, 1.54) is 52.4 Å².